The molecule has 0 radical (unpaired) electrons. The van der Waals surface area contributed by atoms with Crippen molar-refractivity contribution in [2.45, 2.75) is 11.8 Å². The Morgan fingerprint density at radius 3 is 2.57 bits per heavy atom. The molecule has 0 spiro atoms. The fourth-order valence-corrected chi connectivity index (χ4v) is 2.88. The molecule has 4 nitrogen and oxygen atoms in total. The summed E-state index contributed by atoms with van der Waals surface area (Å²) in [6, 6.07) is 10.6. The summed E-state index contributed by atoms with van der Waals surface area (Å²) in [6.07, 6.45) is 0. The van der Waals surface area contributed by atoms with E-state index in [1.54, 1.807) is 12.1 Å². The van der Waals surface area contributed by atoms with Gasteiger partial charge in [-0.1, -0.05) is 6.07 Å². The SMILES string of the molecule is Cc1ccc(N)c(S(=O)CC(=O)Nc2ccc(F)cc2)c1. The molecule has 0 aliphatic heterocycles. The van der Waals surface area contributed by atoms with Crippen LogP contribution in [0.15, 0.2) is 47.4 Å². The van der Waals surface area contributed by atoms with Gasteiger partial charge in [0.25, 0.3) is 0 Å². The van der Waals surface area contributed by atoms with E-state index in [1.165, 1.54) is 24.3 Å². The molecule has 3 N–H and O–H groups in total. The normalized spacial score (nSPS) is 11.9. The fourth-order valence-electron chi connectivity index (χ4n) is 1.77. The second-order valence-electron chi connectivity index (χ2n) is 4.59. The van der Waals surface area contributed by atoms with E-state index in [0.717, 1.165) is 5.56 Å². The van der Waals surface area contributed by atoms with Crippen LogP contribution in [0.25, 0.3) is 0 Å². The molecule has 6 heteroatoms. The van der Waals surface area contributed by atoms with Crippen LogP contribution < -0.4 is 11.1 Å². The molecule has 0 aromatic heterocycles. The first-order chi connectivity index (χ1) is 9.95. The maximum atomic E-state index is 12.8. The highest BCUT2D eigenvalue weighted by molar-refractivity contribution is 7.86. The first kappa shape index (κ1) is 15.2. The number of hydrogen-bond donors (Lipinski definition) is 2. The average molecular weight is 306 g/mol. The molecule has 0 fully saturated rings. The number of nitrogen functional groups attached to an aromatic ring is 1. The topological polar surface area (TPSA) is 72.2 Å². The highest BCUT2D eigenvalue weighted by Gasteiger charge is 2.13. The van der Waals surface area contributed by atoms with Gasteiger partial charge in [0.05, 0.1) is 15.7 Å². The van der Waals surface area contributed by atoms with Crippen LogP contribution in [0, 0.1) is 12.7 Å². The molecule has 0 aliphatic carbocycles. The van der Waals surface area contributed by atoms with Crippen LogP contribution in [-0.4, -0.2) is 15.9 Å². The molecule has 0 saturated carbocycles. The van der Waals surface area contributed by atoms with Gasteiger partial charge in [0, 0.05) is 11.4 Å². The molecule has 2 aromatic rings. The minimum absolute atomic E-state index is 0.203. The third-order valence-corrected chi connectivity index (χ3v) is 4.17. The molecule has 1 atom stereocenters. The van der Waals surface area contributed by atoms with Gasteiger partial charge >= 0.3 is 0 Å². The van der Waals surface area contributed by atoms with Crippen molar-refractivity contribution in [3.63, 3.8) is 0 Å². The summed E-state index contributed by atoms with van der Waals surface area (Å²) >= 11 is 0. The van der Waals surface area contributed by atoms with Gasteiger partial charge in [-0.25, -0.2) is 4.39 Å². The molecule has 21 heavy (non-hydrogen) atoms. The van der Waals surface area contributed by atoms with E-state index in [4.69, 9.17) is 5.73 Å². The van der Waals surface area contributed by atoms with E-state index in [-0.39, 0.29) is 11.6 Å². The number of anilines is 2. The van der Waals surface area contributed by atoms with Crippen molar-refractivity contribution in [1.29, 1.82) is 0 Å². The number of nitrogens with two attached hydrogens (primary N) is 1. The zero-order valence-corrected chi connectivity index (χ0v) is 12.2. The number of amides is 1. The van der Waals surface area contributed by atoms with E-state index in [0.29, 0.717) is 16.3 Å². The van der Waals surface area contributed by atoms with Gasteiger partial charge in [-0.2, -0.15) is 0 Å². The molecule has 0 bridgehead atoms. The number of carbonyl (C=O) groups excluding carboxylic acids is 1. The monoisotopic (exact) mass is 306 g/mol. The van der Waals surface area contributed by atoms with Gasteiger partial charge in [-0.3, -0.25) is 9.00 Å². The quantitative estimate of drug-likeness (QED) is 0.852. The van der Waals surface area contributed by atoms with E-state index >= 15 is 0 Å². The Kier molecular flexibility index (Phi) is 4.70. The number of halogens is 1. The number of nitrogens with one attached hydrogen (secondary N) is 1. The summed E-state index contributed by atoms with van der Waals surface area (Å²) in [6.45, 7) is 1.86. The summed E-state index contributed by atoms with van der Waals surface area (Å²) in [5.41, 5.74) is 7.54. The van der Waals surface area contributed by atoms with Crippen molar-refractivity contribution in [3.8, 4) is 0 Å². The van der Waals surface area contributed by atoms with E-state index < -0.39 is 16.7 Å². The minimum Gasteiger partial charge on any atom is -0.398 e. The standard InChI is InChI=1S/C15H15FN2O2S/c1-10-2-7-13(17)14(8-10)21(20)9-15(19)18-12-5-3-11(16)4-6-12/h2-8H,9,17H2,1H3,(H,18,19). The number of hydrogen-bond acceptors (Lipinski definition) is 3. The Bertz CT molecular complexity index is 687. The summed E-state index contributed by atoms with van der Waals surface area (Å²) in [4.78, 5) is 12.3. The van der Waals surface area contributed by atoms with Crippen LogP contribution in [0.5, 0.6) is 0 Å². The first-order valence-corrected chi connectivity index (χ1v) is 7.57. The Labute approximate surface area is 124 Å². The molecule has 0 saturated heterocycles. The van der Waals surface area contributed by atoms with Crippen LogP contribution in [0.1, 0.15) is 5.56 Å². The van der Waals surface area contributed by atoms with Gasteiger partial charge in [0.2, 0.25) is 5.91 Å². The fraction of sp³-hybridized carbons (Fsp3) is 0.133. The first-order valence-electron chi connectivity index (χ1n) is 6.25. The zero-order chi connectivity index (χ0) is 15.4. The third kappa shape index (κ3) is 4.13. The lowest BCUT2D eigenvalue weighted by molar-refractivity contribution is -0.113. The van der Waals surface area contributed by atoms with E-state index in [9.17, 15) is 13.4 Å². The zero-order valence-electron chi connectivity index (χ0n) is 11.4. The van der Waals surface area contributed by atoms with Gasteiger partial charge in [0.1, 0.15) is 11.6 Å². The molecule has 1 unspecified atom stereocenters. The Morgan fingerprint density at radius 2 is 1.90 bits per heavy atom. The maximum Gasteiger partial charge on any atom is 0.237 e. The smallest absolute Gasteiger partial charge is 0.237 e. The maximum absolute atomic E-state index is 12.8. The minimum atomic E-state index is -1.52. The number of carbonyl (C=O) groups is 1. The molecular weight excluding hydrogens is 291 g/mol. The van der Waals surface area contributed by atoms with Gasteiger partial charge in [-0.15, -0.1) is 0 Å². The van der Waals surface area contributed by atoms with E-state index in [1.807, 2.05) is 13.0 Å². The lowest BCUT2D eigenvalue weighted by atomic mass is 10.2. The lowest BCUT2D eigenvalue weighted by Crippen LogP contribution is -2.20. The van der Waals surface area contributed by atoms with Gasteiger partial charge in [-0.05, 0) is 48.9 Å². The Balaban J connectivity index is 2.03. The van der Waals surface area contributed by atoms with Crippen LogP contribution >= 0.6 is 0 Å². The van der Waals surface area contributed by atoms with E-state index in [2.05, 4.69) is 5.32 Å². The number of benzene rings is 2. The van der Waals surface area contributed by atoms with Crippen molar-refractivity contribution >= 4 is 28.1 Å². The van der Waals surface area contributed by atoms with Gasteiger partial charge in [0.15, 0.2) is 0 Å². The van der Waals surface area contributed by atoms with Crippen molar-refractivity contribution in [3.05, 3.63) is 53.8 Å². The number of aryl methyl sites for hydroxylation is 1. The van der Waals surface area contributed by atoms with Crippen LogP contribution in [0.2, 0.25) is 0 Å². The summed E-state index contributed by atoms with van der Waals surface area (Å²) in [7, 11) is -1.52. The molecule has 110 valence electrons. The molecular formula is C15H15FN2O2S. The van der Waals surface area contributed by atoms with Crippen LogP contribution in [-0.2, 0) is 15.6 Å². The van der Waals surface area contributed by atoms with Crippen LogP contribution in [0.4, 0.5) is 15.8 Å². The Morgan fingerprint density at radius 1 is 1.24 bits per heavy atom. The highest BCUT2D eigenvalue weighted by Crippen LogP contribution is 2.18. The Hall–Kier alpha value is -2.21. The van der Waals surface area contributed by atoms with Crippen molar-refractivity contribution in [2.24, 2.45) is 0 Å². The predicted octanol–water partition coefficient (Wildman–Crippen LogP) is 2.46. The molecule has 2 rings (SSSR count). The van der Waals surface area contributed by atoms with Crippen molar-refractivity contribution in [1.82, 2.24) is 0 Å². The number of rotatable bonds is 4. The largest absolute Gasteiger partial charge is 0.398 e. The highest BCUT2D eigenvalue weighted by atomic mass is 32.2. The molecule has 2 aromatic carbocycles. The van der Waals surface area contributed by atoms with Crippen molar-refractivity contribution < 1.29 is 13.4 Å². The molecule has 1 amide bonds. The van der Waals surface area contributed by atoms with Gasteiger partial charge < -0.3 is 11.1 Å². The summed E-state index contributed by atoms with van der Waals surface area (Å²) < 4.78 is 24.9. The average Bonchev–Trinajstić information content (AvgIpc) is 2.44. The van der Waals surface area contributed by atoms with Crippen molar-refractivity contribution in [2.75, 3.05) is 16.8 Å². The lowest BCUT2D eigenvalue weighted by Gasteiger charge is -2.08. The predicted molar refractivity (Wildman–Crippen MR) is 81.9 cm³/mol. The molecule has 0 heterocycles. The molecule has 0 aliphatic rings. The third-order valence-electron chi connectivity index (χ3n) is 2.80. The summed E-state index contributed by atoms with van der Waals surface area (Å²) in [5.74, 6) is -1.00. The van der Waals surface area contributed by atoms with Crippen LogP contribution in [0.3, 0.4) is 0 Å². The second kappa shape index (κ2) is 6.49. The second-order valence-corrected chi connectivity index (χ2v) is 6.01. The summed E-state index contributed by atoms with van der Waals surface area (Å²) in [5, 5.41) is 2.56.